The zero-order valence-corrected chi connectivity index (χ0v) is 17.5. The molecule has 2 aromatic carbocycles. The van der Waals surface area contributed by atoms with Crippen molar-refractivity contribution < 1.29 is 22.7 Å². The summed E-state index contributed by atoms with van der Waals surface area (Å²) in [6.07, 6.45) is 3.36. The number of benzene rings is 2. The number of nitrogens with one attached hydrogen (secondary N) is 1. The van der Waals surface area contributed by atoms with Crippen LogP contribution in [0.5, 0.6) is 11.5 Å². The van der Waals surface area contributed by atoms with Crippen LogP contribution in [0.1, 0.15) is 42.6 Å². The van der Waals surface area contributed by atoms with Gasteiger partial charge in [-0.05, 0) is 48.7 Å². The Morgan fingerprint density at radius 3 is 2.66 bits per heavy atom. The lowest BCUT2D eigenvalue weighted by atomic mass is 10.0. The van der Waals surface area contributed by atoms with Gasteiger partial charge in [-0.15, -0.1) is 0 Å². The van der Waals surface area contributed by atoms with E-state index in [9.17, 15) is 13.2 Å². The largest absolute Gasteiger partial charge is 0.449 e. The summed E-state index contributed by atoms with van der Waals surface area (Å²) in [5.41, 5.74) is 2.60. The van der Waals surface area contributed by atoms with Crippen molar-refractivity contribution in [2.45, 2.75) is 38.9 Å². The number of ether oxygens (including phenoxy) is 2. The highest BCUT2D eigenvalue weighted by molar-refractivity contribution is 7.92. The molecule has 1 N–H and O–H groups in total. The highest BCUT2D eigenvalue weighted by atomic mass is 32.2. The number of anilines is 2. The number of aryl methyl sites for hydroxylation is 1. The zero-order valence-electron chi connectivity index (χ0n) is 16.7. The van der Waals surface area contributed by atoms with E-state index in [1.807, 2.05) is 13.8 Å². The molecular formula is C21H24N2O5S. The predicted molar refractivity (Wildman–Crippen MR) is 111 cm³/mol. The standard InChI is InChI=1S/C21H24N2O5S/c1-4-21(2)27-18-10-8-16(13-19(18)28-21)22-20(24)15-7-9-17-14(12-15)6-5-11-23(17)29(3,25)26/h7-10,12-13H,4-6,11H2,1-3H3,(H,22,24)/t21-/m0/s1. The first-order valence-corrected chi connectivity index (χ1v) is 11.5. The van der Waals surface area contributed by atoms with Gasteiger partial charge in [0.05, 0.1) is 11.9 Å². The third kappa shape index (κ3) is 3.76. The first-order chi connectivity index (χ1) is 13.7. The van der Waals surface area contributed by atoms with Crippen molar-refractivity contribution in [1.82, 2.24) is 0 Å². The fraction of sp³-hybridized carbons (Fsp3) is 0.381. The van der Waals surface area contributed by atoms with Gasteiger partial charge in [0.15, 0.2) is 11.5 Å². The van der Waals surface area contributed by atoms with Crippen molar-refractivity contribution in [1.29, 1.82) is 0 Å². The lowest BCUT2D eigenvalue weighted by Gasteiger charge is -2.29. The third-order valence-electron chi connectivity index (χ3n) is 5.31. The second kappa shape index (κ2) is 6.95. The quantitative estimate of drug-likeness (QED) is 0.824. The molecule has 0 aromatic heterocycles. The average molecular weight is 416 g/mol. The van der Waals surface area contributed by atoms with Gasteiger partial charge < -0.3 is 14.8 Å². The molecule has 29 heavy (non-hydrogen) atoms. The summed E-state index contributed by atoms with van der Waals surface area (Å²) in [4.78, 5) is 12.7. The molecule has 0 saturated carbocycles. The summed E-state index contributed by atoms with van der Waals surface area (Å²) in [6, 6.07) is 10.4. The molecule has 0 fully saturated rings. The van der Waals surface area contributed by atoms with E-state index >= 15 is 0 Å². The maximum Gasteiger partial charge on any atom is 0.255 e. The van der Waals surface area contributed by atoms with Crippen LogP contribution in [0.25, 0.3) is 0 Å². The number of carbonyl (C=O) groups is 1. The van der Waals surface area contributed by atoms with Crippen LogP contribution >= 0.6 is 0 Å². The summed E-state index contributed by atoms with van der Waals surface area (Å²) < 4.78 is 37.0. The number of nitrogens with zero attached hydrogens (tertiary/aromatic N) is 1. The normalized spacial score (nSPS) is 20.3. The topological polar surface area (TPSA) is 84.9 Å². The van der Waals surface area contributed by atoms with Crippen molar-refractivity contribution in [2.24, 2.45) is 0 Å². The van der Waals surface area contributed by atoms with Crippen LogP contribution in [-0.2, 0) is 16.4 Å². The molecule has 4 rings (SSSR count). The smallest absolute Gasteiger partial charge is 0.255 e. The number of rotatable bonds is 4. The average Bonchev–Trinajstić information content (AvgIpc) is 3.02. The molecule has 8 heteroatoms. The van der Waals surface area contributed by atoms with Gasteiger partial charge in [-0.3, -0.25) is 9.10 Å². The van der Waals surface area contributed by atoms with E-state index in [-0.39, 0.29) is 5.91 Å². The maximum absolute atomic E-state index is 12.7. The van der Waals surface area contributed by atoms with E-state index < -0.39 is 15.8 Å². The minimum Gasteiger partial charge on any atom is -0.449 e. The Hall–Kier alpha value is -2.74. The highest BCUT2D eigenvalue weighted by Crippen LogP contribution is 2.42. The predicted octanol–water partition coefficient (Wildman–Crippen LogP) is 3.55. The van der Waals surface area contributed by atoms with Crippen LogP contribution < -0.4 is 19.1 Å². The molecule has 1 atom stereocenters. The van der Waals surface area contributed by atoms with Gasteiger partial charge in [-0.25, -0.2) is 8.42 Å². The van der Waals surface area contributed by atoms with Gasteiger partial charge in [0.25, 0.3) is 5.91 Å². The monoisotopic (exact) mass is 416 g/mol. The van der Waals surface area contributed by atoms with Crippen LogP contribution in [0.3, 0.4) is 0 Å². The molecule has 0 radical (unpaired) electrons. The van der Waals surface area contributed by atoms with Gasteiger partial charge in [0.1, 0.15) is 0 Å². The molecule has 0 saturated heterocycles. The van der Waals surface area contributed by atoms with Crippen LogP contribution in [0, 0.1) is 0 Å². The second-order valence-corrected chi connectivity index (χ2v) is 9.50. The molecule has 2 heterocycles. The van der Waals surface area contributed by atoms with Crippen LogP contribution in [-0.4, -0.2) is 32.9 Å². The van der Waals surface area contributed by atoms with Gasteiger partial charge in [-0.2, -0.15) is 0 Å². The number of hydrogen-bond acceptors (Lipinski definition) is 5. The van der Waals surface area contributed by atoms with Gasteiger partial charge >= 0.3 is 0 Å². The fourth-order valence-electron chi connectivity index (χ4n) is 3.63. The highest BCUT2D eigenvalue weighted by Gasteiger charge is 2.35. The lowest BCUT2D eigenvalue weighted by molar-refractivity contribution is -0.0640. The SMILES string of the molecule is CC[C@@]1(C)Oc2ccc(NC(=O)c3ccc4c(c3)CCCN4S(C)(=O)=O)cc2O1. The molecule has 0 bridgehead atoms. The summed E-state index contributed by atoms with van der Waals surface area (Å²) >= 11 is 0. The van der Waals surface area contributed by atoms with Gasteiger partial charge in [0, 0.05) is 37.2 Å². The molecule has 0 spiro atoms. The van der Waals surface area contributed by atoms with E-state index in [2.05, 4.69) is 5.32 Å². The Bertz CT molecular complexity index is 1080. The number of amides is 1. The molecule has 1 amide bonds. The van der Waals surface area contributed by atoms with Crippen molar-refractivity contribution in [3.05, 3.63) is 47.5 Å². The summed E-state index contributed by atoms with van der Waals surface area (Å²) in [6.45, 7) is 4.32. The van der Waals surface area contributed by atoms with Crippen molar-refractivity contribution in [2.75, 3.05) is 22.4 Å². The Morgan fingerprint density at radius 1 is 1.17 bits per heavy atom. The molecule has 154 valence electrons. The van der Waals surface area contributed by atoms with E-state index in [0.717, 1.165) is 18.4 Å². The fourth-order valence-corrected chi connectivity index (χ4v) is 4.63. The molecule has 2 aliphatic heterocycles. The molecule has 2 aliphatic rings. The molecule has 2 aromatic rings. The van der Waals surface area contributed by atoms with E-state index in [0.29, 0.717) is 41.4 Å². The van der Waals surface area contributed by atoms with Gasteiger partial charge in [0.2, 0.25) is 15.8 Å². The molecule has 7 nitrogen and oxygen atoms in total. The first-order valence-electron chi connectivity index (χ1n) is 9.62. The Morgan fingerprint density at radius 2 is 1.93 bits per heavy atom. The number of hydrogen-bond donors (Lipinski definition) is 1. The summed E-state index contributed by atoms with van der Waals surface area (Å²) in [5, 5.41) is 2.88. The minimum absolute atomic E-state index is 0.263. The van der Waals surface area contributed by atoms with Crippen molar-refractivity contribution in [3.8, 4) is 11.5 Å². The van der Waals surface area contributed by atoms with Crippen LogP contribution in [0.15, 0.2) is 36.4 Å². The number of fused-ring (bicyclic) bond motifs is 2. The Kier molecular flexibility index (Phi) is 4.69. The van der Waals surface area contributed by atoms with Crippen molar-refractivity contribution in [3.63, 3.8) is 0 Å². The Labute approximate surface area is 170 Å². The number of sulfonamides is 1. The Balaban J connectivity index is 1.54. The van der Waals surface area contributed by atoms with Crippen LogP contribution in [0.4, 0.5) is 11.4 Å². The summed E-state index contributed by atoms with van der Waals surface area (Å²) in [5.74, 6) is 0.305. The van der Waals surface area contributed by atoms with E-state index in [1.54, 1.807) is 36.4 Å². The zero-order chi connectivity index (χ0) is 20.8. The third-order valence-corrected chi connectivity index (χ3v) is 6.49. The minimum atomic E-state index is -3.33. The van der Waals surface area contributed by atoms with Crippen LogP contribution in [0.2, 0.25) is 0 Å². The van der Waals surface area contributed by atoms with E-state index in [1.165, 1.54) is 10.6 Å². The second-order valence-electron chi connectivity index (χ2n) is 7.59. The molecule has 0 unspecified atom stereocenters. The number of carbonyl (C=O) groups excluding carboxylic acids is 1. The first kappa shape index (κ1) is 19.6. The lowest BCUT2D eigenvalue weighted by Crippen LogP contribution is -2.34. The van der Waals surface area contributed by atoms with E-state index in [4.69, 9.17) is 9.47 Å². The van der Waals surface area contributed by atoms with Crippen molar-refractivity contribution >= 4 is 27.3 Å². The molecule has 0 aliphatic carbocycles. The maximum atomic E-state index is 12.7. The van der Waals surface area contributed by atoms with Gasteiger partial charge in [-0.1, -0.05) is 6.92 Å². The molecular weight excluding hydrogens is 392 g/mol. The summed E-state index contributed by atoms with van der Waals surface area (Å²) in [7, 11) is -3.33.